The van der Waals surface area contributed by atoms with Crippen molar-refractivity contribution < 1.29 is 19.6 Å². The molecule has 2 rings (SSSR count). The molecule has 1 aromatic carbocycles. The number of rotatable bonds is 4. The lowest BCUT2D eigenvalue weighted by atomic mass is 9.98. The van der Waals surface area contributed by atoms with Crippen LogP contribution in [0.1, 0.15) is 15.9 Å². The SMILES string of the molecule is NC(CN1CCc2ccc([N+](=O)[O-])cc2C1=O)C(=O)O. The summed E-state index contributed by atoms with van der Waals surface area (Å²) in [6.45, 7) is 0.237. The highest BCUT2D eigenvalue weighted by Gasteiger charge is 2.28. The maximum atomic E-state index is 12.2. The summed E-state index contributed by atoms with van der Waals surface area (Å²) in [7, 11) is 0. The summed E-state index contributed by atoms with van der Waals surface area (Å²) in [5.41, 5.74) is 6.20. The van der Waals surface area contributed by atoms with E-state index < -0.39 is 22.8 Å². The maximum Gasteiger partial charge on any atom is 0.322 e. The Kier molecular flexibility index (Phi) is 3.66. The quantitative estimate of drug-likeness (QED) is 0.590. The largest absolute Gasteiger partial charge is 0.480 e. The number of carbonyl (C=O) groups is 2. The van der Waals surface area contributed by atoms with Gasteiger partial charge >= 0.3 is 5.97 Å². The Labute approximate surface area is 113 Å². The number of nitrogens with zero attached hydrogens (tertiary/aromatic N) is 2. The lowest BCUT2D eigenvalue weighted by Gasteiger charge is -2.29. The van der Waals surface area contributed by atoms with E-state index in [9.17, 15) is 19.7 Å². The van der Waals surface area contributed by atoms with Crippen molar-refractivity contribution in [3.05, 3.63) is 39.4 Å². The van der Waals surface area contributed by atoms with Gasteiger partial charge < -0.3 is 15.7 Å². The molecule has 0 bridgehead atoms. The van der Waals surface area contributed by atoms with Crippen LogP contribution in [0.25, 0.3) is 0 Å². The number of carboxylic acid groups (broad SMARTS) is 1. The molecule has 0 aliphatic carbocycles. The third kappa shape index (κ3) is 2.59. The number of amides is 1. The zero-order chi connectivity index (χ0) is 14.9. The molecule has 1 aliphatic heterocycles. The summed E-state index contributed by atoms with van der Waals surface area (Å²) in [6, 6.07) is 2.96. The van der Waals surface area contributed by atoms with Crippen LogP contribution >= 0.6 is 0 Å². The number of carboxylic acids is 1. The molecule has 1 aromatic rings. The van der Waals surface area contributed by atoms with Crippen molar-refractivity contribution in [1.29, 1.82) is 0 Å². The van der Waals surface area contributed by atoms with Gasteiger partial charge in [0.05, 0.1) is 4.92 Å². The third-order valence-corrected chi connectivity index (χ3v) is 3.21. The summed E-state index contributed by atoms with van der Waals surface area (Å²) in [6.07, 6.45) is 0.519. The minimum Gasteiger partial charge on any atom is -0.480 e. The molecule has 0 fully saturated rings. The van der Waals surface area contributed by atoms with Gasteiger partial charge in [0, 0.05) is 30.8 Å². The van der Waals surface area contributed by atoms with E-state index in [1.54, 1.807) is 6.07 Å². The highest BCUT2D eigenvalue weighted by Crippen LogP contribution is 2.23. The Morgan fingerprint density at radius 2 is 2.25 bits per heavy atom. The van der Waals surface area contributed by atoms with Crippen LogP contribution in [-0.2, 0) is 11.2 Å². The Morgan fingerprint density at radius 1 is 1.55 bits per heavy atom. The first-order valence-electron chi connectivity index (χ1n) is 5.95. The van der Waals surface area contributed by atoms with Gasteiger partial charge in [-0.3, -0.25) is 19.7 Å². The van der Waals surface area contributed by atoms with Crippen LogP contribution in [0.4, 0.5) is 5.69 Å². The lowest BCUT2D eigenvalue weighted by molar-refractivity contribution is -0.384. The summed E-state index contributed by atoms with van der Waals surface area (Å²) >= 11 is 0. The van der Waals surface area contributed by atoms with Crippen molar-refractivity contribution in [2.45, 2.75) is 12.5 Å². The van der Waals surface area contributed by atoms with Gasteiger partial charge in [-0.1, -0.05) is 6.07 Å². The van der Waals surface area contributed by atoms with Crippen LogP contribution in [0.2, 0.25) is 0 Å². The first-order valence-corrected chi connectivity index (χ1v) is 5.95. The van der Waals surface area contributed by atoms with Gasteiger partial charge in [0.25, 0.3) is 11.6 Å². The number of nitro benzene ring substituents is 1. The second-order valence-electron chi connectivity index (χ2n) is 4.54. The van der Waals surface area contributed by atoms with E-state index in [1.165, 1.54) is 17.0 Å². The topological polar surface area (TPSA) is 127 Å². The van der Waals surface area contributed by atoms with Crippen molar-refractivity contribution >= 4 is 17.6 Å². The molecule has 8 heteroatoms. The molecule has 20 heavy (non-hydrogen) atoms. The monoisotopic (exact) mass is 279 g/mol. The molecular weight excluding hydrogens is 266 g/mol. The van der Waals surface area contributed by atoms with E-state index in [0.29, 0.717) is 13.0 Å². The Balaban J connectivity index is 2.25. The molecule has 1 unspecified atom stereocenters. The first kappa shape index (κ1) is 13.9. The number of hydrogen-bond donors (Lipinski definition) is 2. The molecule has 8 nitrogen and oxygen atoms in total. The number of fused-ring (bicyclic) bond motifs is 1. The molecular formula is C12H13N3O5. The molecule has 1 aliphatic rings. The van der Waals surface area contributed by atoms with Crippen LogP contribution in [0, 0.1) is 10.1 Å². The average molecular weight is 279 g/mol. The Bertz CT molecular complexity index is 586. The highest BCUT2D eigenvalue weighted by atomic mass is 16.6. The fourth-order valence-corrected chi connectivity index (χ4v) is 2.11. The fourth-order valence-electron chi connectivity index (χ4n) is 2.11. The molecule has 0 saturated carbocycles. The molecule has 0 saturated heterocycles. The second kappa shape index (κ2) is 5.25. The van der Waals surface area contributed by atoms with E-state index in [-0.39, 0.29) is 17.8 Å². The van der Waals surface area contributed by atoms with Crippen LogP contribution in [0.3, 0.4) is 0 Å². The van der Waals surface area contributed by atoms with Crippen LogP contribution in [0.5, 0.6) is 0 Å². The highest BCUT2D eigenvalue weighted by molar-refractivity contribution is 5.97. The van der Waals surface area contributed by atoms with Crippen LogP contribution < -0.4 is 5.73 Å². The van der Waals surface area contributed by atoms with Crippen molar-refractivity contribution in [1.82, 2.24) is 4.90 Å². The molecule has 1 heterocycles. The van der Waals surface area contributed by atoms with E-state index in [2.05, 4.69) is 0 Å². The molecule has 1 amide bonds. The maximum absolute atomic E-state index is 12.2. The van der Waals surface area contributed by atoms with Crippen molar-refractivity contribution in [2.75, 3.05) is 13.1 Å². The summed E-state index contributed by atoms with van der Waals surface area (Å²) in [5.74, 6) is -1.62. The normalized spacial score (nSPS) is 15.7. The van der Waals surface area contributed by atoms with Gasteiger partial charge in [-0.2, -0.15) is 0 Å². The second-order valence-corrected chi connectivity index (χ2v) is 4.54. The van der Waals surface area contributed by atoms with Crippen LogP contribution in [-0.4, -0.2) is 45.9 Å². The summed E-state index contributed by atoms with van der Waals surface area (Å²) in [4.78, 5) is 34.4. The predicted molar refractivity (Wildman–Crippen MR) is 68.3 cm³/mol. The molecule has 3 N–H and O–H groups in total. The van der Waals surface area contributed by atoms with Crippen LogP contribution in [0.15, 0.2) is 18.2 Å². The third-order valence-electron chi connectivity index (χ3n) is 3.21. The average Bonchev–Trinajstić information content (AvgIpc) is 2.41. The number of aliphatic carboxylic acids is 1. The van der Waals surface area contributed by atoms with Gasteiger partial charge in [-0.15, -0.1) is 0 Å². The number of benzene rings is 1. The summed E-state index contributed by atoms with van der Waals surface area (Å²) in [5, 5.41) is 19.5. The molecule has 0 spiro atoms. The van der Waals surface area contributed by atoms with Crippen molar-refractivity contribution in [3.8, 4) is 0 Å². The van der Waals surface area contributed by atoms with E-state index in [1.807, 2.05) is 0 Å². The zero-order valence-corrected chi connectivity index (χ0v) is 10.5. The zero-order valence-electron chi connectivity index (χ0n) is 10.5. The molecule has 1 atom stereocenters. The smallest absolute Gasteiger partial charge is 0.322 e. The van der Waals surface area contributed by atoms with Gasteiger partial charge in [-0.05, 0) is 12.0 Å². The Hall–Kier alpha value is -2.48. The van der Waals surface area contributed by atoms with E-state index in [4.69, 9.17) is 10.8 Å². The number of non-ortho nitro benzene ring substituents is 1. The molecule has 106 valence electrons. The molecule has 0 aromatic heterocycles. The van der Waals surface area contributed by atoms with Gasteiger partial charge in [0.15, 0.2) is 0 Å². The van der Waals surface area contributed by atoms with Gasteiger partial charge in [0.1, 0.15) is 6.04 Å². The Morgan fingerprint density at radius 3 is 2.85 bits per heavy atom. The van der Waals surface area contributed by atoms with Gasteiger partial charge in [-0.25, -0.2) is 0 Å². The lowest BCUT2D eigenvalue weighted by Crippen LogP contribution is -2.47. The van der Waals surface area contributed by atoms with Crippen molar-refractivity contribution in [2.24, 2.45) is 5.73 Å². The van der Waals surface area contributed by atoms with E-state index in [0.717, 1.165) is 5.56 Å². The van der Waals surface area contributed by atoms with Crippen molar-refractivity contribution in [3.63, 3.8) is 0 Å². The number of nitrogens with two attached hydrogens (primary N) is 1. The summed E-state index contributed by atoms with van der Waals surface area (Å²) < 4.78 is 0. The minimum atomic E-state index is -1.19. The van der Waals surface area contributed by atoms with E-state index >= 15 is 0 Å². The first-order chi connectivity index (χ1) is 9.40. The number of carbonyl (C=O) groups excluding carboxylic acids is 1. The molecule has 0 radical (unpaired) electrons. The predicted octanol–water partition coefficient (Wildman–Crippen LogP) is 0.00500. The van der Waals surface area contributed by atoms with Gasteiger partial charge in [0.2, 0.25) is 0 Å². The number of hydrogen-bond acceptors (Lipinski definition) is 5. The number of nitro groups is 1. The fraction of sp³-hybridized carbons (Fsp3) is 0.333. The standard InChI is InChI=1S/C12H13N3O5/c13-10(12(17)18)6-14-4-3-7-1-2-8(15(19)20)5-9(7)11(14)16/h1-2,5,10H,3-4,6,13H2,(H,17,18). The minimum absolute atomic E-state index is 0.115.